The predicted octanol–water partition coefficient (Wildman–Crippen LogP) is 3.21. The van der Waals surface area contributed by atoms with E-state index in [-0.39, 0.29) is 0 Å². The first-order chi connectivity index (χ1) is 12.6. The highest BCUT2D eigenvalue weighted by Crippen LogP contribution is 2.34. The first kappa shape index (κ1) is 18.1. The van der Waals surface area contributed by atoms with Gasteiger partial charge in [0.1, 0.15) is 0 Å². The summed E-state index contributed by atoms with van der Waals surface area (Å²) in [5, 5.41) is 7.39. The predicted molar refractivity (Wildman–Crippen MR) is 100.0 cm³/mol. The number of nitrogens with zero attached hydrogens (tertiary/aromatic N) is 2. The number of nitrogens with two attached hydrogens (primary N) is 1. The lowest BCUT2D eigenvalue weighted by molar-refractivity contribution is 0.254. The minimum absolute atomic E-state index is 0.444. The molecule has 1 heterocycles. The molecule has 0 radical (unpaired) electrons. The van der Waals surface area contributed by atoms with Crippen LogP contribution < -0.4 is 20.1 Å². The molecule has 1 aliphatic rings. The summed E-state index contributed by atoms with van der Waals surface area (Å²) in [7, 11) is 3.21. The molecule has 1 saturated carbocycles. The Bertz CT molecular complexity index is 753. The van der Waals surface area contributed by atoms with Crippen molar-refractivity contribution in [3.05, 3.63) is 35.5 Å². The number of hydrogen-bond acceptors (Lipinski definition) is 4. The highest BCUT2D eigenvalue weighted by atomic mass is 16.5. The molecule has 0 saturated heterocycles. The van der Waals surface area contributed by atoms with E-state index in [2.05, 4.69) is 10.2 Å². The summed E-state index contributed by atoms with van der Waals surface area (Å²) >= 11 is 0. The van der Waals surface area contributed by atoms with E-state index < -0.39 is 6.03 Å². The number of aromatic nitrogens is 2. The number of urea groups is 1. The molecule has 1 aliphatic carbocycles. The Balaban J connectivity index is 1.70. The molecule has 140 valence electrons. The van der Waals surface area contributed by atoms with Gasteiger partial charge < -0.3 is 15.2 Å². The molecular weight excluding hydrogens is 332 g/mol. The maximum atomic E-state index is 11.9. The fourth-order valence-electron chi connectivity index (χ4n) is 3.52. The number of anilines is 1. The summed E-state index contributed by atoms with van der Waals surface area (Å²) < 4.78 is 10.6. The van der Waals surface area contributed by atoms with Gasteiger partial charge in [0, 0.05) is 24.2 Å². The number of carbonyl (C=O) groups is 1. The average molecular weight is 358 g/mol. The maximum Gasteiger partial charge on any atom is 0.320 e. The second kappa shape index (κ2) is 8.12. The molecule has 0 atom stereocenters. The zero-order valence-electron chi connectivity index (χ0n) is 15.3. The van der Waals surface area contributed by atoms with Crippen LogP contribution in [0.3, 0.4) is 0 Å². The number of nitrogens with one attached hydrogen (secondary N) is 1. The van der Waals surface area contributed by atoms with Crippen LogP contribution >= 0.6 is 0 Å². The number of methoxy groups -OCH3 is 2. The summed E-state index contributed by atoms with van der Waals surface area (Å²) in [6.07, 6.45) is 5.47. The van der Waals surface area contributed by atoms with Crippen LogP contribution in [0.15, 0.2) is 24.3 Å². The number of aromatic amines is 1. The maximum absolute atomic E-state index is 11.9. The summed E-state index contributed by atoms with van der Waals surface area (Å²) in [5.41, 5.74) is 7.71. The lowest BCUT2D eigenvalue weighted by Crippen LogP contribution is -2.37. The van der Waals surface area contributed by atoms with Crippen molar-refractivity contribution in [3.8, 4) is 11.5 Å². The van der Waals surface area contributed by atoms with Gasteiger partial charge in [-0.2, -0.15) is 5.10 Å². The normalized spacial score (nSPS) is 14.4. The van der Waals surface area contributed by atoms with E-state index in [1.54, 1.807) is 14.2 Å². The van der Waals surface area contributed by atoms with E-state index in [4.69, 9.17) is 15.2 Å². The number of amides is 2. The van der Waals surface area contributed by atoms with E-state index in [1.807, 2.05) is 24.3 Å². The minimum atomic E-state index is -0.505. The van der Waals surface area contributed by atoms with Crippen molar-refractivity contribution in [1.82, 2.24) is 10.2 Å². The van der Waals surface area contributed by atoms with Crippen molar-refractivity contribution in [3.63, 3.8) is 0 Å². The highest BCUT2D eigenvalue weighted by Gasteiger charge is 2.22. The molecule has 1 aromatic heterocycles. The molecule has 1 aromatic carbocycles. The smallest absolute Gasteiger partial charge is 0.320 e. The Kier molecular flexibility index (Phi) is 5.65. The monoisotopic (exact) mass is 358 g/mol. The Morgan fingerprint density at radius 3 is 2.62 bits per heavy atom. The third kappa shape index (κ3) is 3.92. The number of H-pyrrole nitrogens is 1. The Labute approximate surface area is 153 Å². The molecule has 2 amide bonds. The molecule has 7 nitrogen and oxygen atoms in total. The van der Waals surface area contributed by atoms with Crippen LogP contribution in [0, 0.1) is 0 Å². The molecule has 3 N–H and O–H groups in total. The van der Waals surface area contributed by atoms with Crippen molar-refractivity contribution in [2.75, 3.05) is 25.7 Å². The van der Waals surface area contributed by atoms with Crippen LogP contribution in [0.5, 0.6) is 11.5 Å². The Morgan fingerprint density at radius 1 is 1.23 bits per heavy atom. The van der Waals surface area contributed by atoms with E-state index in [0.29, 0.717) is 36.2 Å². The molecule has 26 heavy (non-hydrogen) atoms. The topological polar surface area (TPSA) is 93.5 Å². The zero-order valence-corrected chi connectivity index (χ0v) is 15.3. The van der Waals surface area contributed by atoms with Crippen LogP contribution in [0.1, 0.15) is 42.9 Å². The second-order valence-electron chi connectivity index (χ2n) is 6.59. The van der Waals surface area contributed by atoms with Crippen LogP contribution in [0.2, 0.25) is 0 Å². The van der Waals surface area contributed by atoms with Crippen molar-refractivity contribution < 1.29 is 14.3 Å². The third-order valence-corrected chi connectivity index (χ3v) is 4.99. The Morgan fingerprint density at radius 2 is 1.96 bits per heavy atom. The van der Waals surface area contributed by atoms with E-state index in [9.17, 15) is 4.79 Å². The molecule has 0 spiro atoms. The van der Waals surface area contributed by atoms with Gasteiger partial charge in [-0.25, -0.2) is 4.79 Å². The van der Waals surface area contributed by atoms with Gasteiger partial charge in [0.05, 0.1) is 14.2 Å². The van der Waals surface area contributed by atoms with Crippen molar-refractivity contribution in [1.29, 1.82) is 0 Å². The van der Waals surface area contributed by atoms with Crippen LogP contribution in [0.4, 0.5) is 10.6 Å². The van der Waals surface area contributed by atoms with Gasteiger partial charge in [-0.05, 0) is 37.0 Å². The molecular formula is C19H26N4O3. The van der Waals surface area contributed by atoms with E-state index >= 15 is 0 Å². The number of hydrogen-bond donors (Lipinski definition) is 2. The van der Waals surface area contributed by atoms with E-state index in [0.717, 1.165) is 11.3 Å². The SMILES string of the molecule is COc1ccc(CCN(C(N)=O)c2cc(C3CCCC3)[nH]n2)cc1OC. The summed E-state index contributed by atoms with van der Waals surface area (Å²) in [6, 6.07) is 7.17. The van der Waals surface area contributed by atoms with Crippen LogP contribution in [-0.4, -0.2) is 37.0 Å². The fraction of sp³-hybridized carbons (Fsp3) is 0.474. The number of primary amides is 1. The van der Waals surface area contributed by atoms with Crippen LogP contribution in [0.25, 0.3) is 0 Å². The quantitative estimate of drug-likeness (QED) is 0.795. The number of carbonyl (C=O) groups excluding carboxylic acids is 1. The minimum Gasteiger partial charge on any atom is -0.493 e. The van der Waals surface area contributed by atoms with Gasteiger partial charge in [-0.3, -0.25) is 10.00 Å². The standard InChI is InChI=1S/C19H26N4O3/c1-25-16-8-7-13(11-17(16)26-2)9-10-23(19(20)24)18-12-15(21-22-18)14-5-3-4-6-14/h7-8,11-12,14H,3-6,9-10H2,1-2H3,(H2,20,24)(H,21,22). The summed E-state index contributed by atoms with van der Waals surface area (Å²) in [6.45, 7) is 0.444. The fourth-order valence-corrected chi connectivity index (χ4v) is 3.52. The first-order valence-electron chi connectivity index (χ1n) is 8.95. The third-order valence-electron chi connectivity index (χ3n) is 4.99. The largest absolute Gasteiger partial charge is 0.493 e. The zero-order chi connectivity index (χ0) is 18.5. The number of benzene rings is 1. The van der Waals surface area contributed by atoms with Crippen molar-refractivity contribution >= 4 is 11.8 Å². The van der Waals surface area contributed by atoms with Gasteiger partial charge in [0.25, 0.3) is 0 Å². The molecule has 0 aliphatic heterocycles. The molecule has 2 aromatic rings. The molecule has 1 fully saturated rings. The number of rotatable bonds is 7. The van der Waals surface area contributed by atoms with Gasteiger partial charge in [0.15, 0.2) is 17.3 Å². The first-order valence-corrected chi connectivity index (χ1v) is 8.95. The molecule has 0 unspecified atom stereocenters. The van der Waals surface area contributed by atoms with E-state index in [1.165, 1.54) is 30.6 Å². The Hall–Kier alpha value is -2.70. The average Bonchev–Trinajstić information content (AvgIpc) is 3.33. The molecule has 7 heteroatoms. The summed E-state index contributed by atoms with van der Waals surface area (Å²) in [4.78, 5) is 13.4. The van der Waals surface area contributed by atoms with Gasteiger partial charge in [-0.1, -0.05) is 18.9 Å². The van der Waals surface area contributed by atoms with Crippen molar-refractivity contribution in [2.45, 2.75) is 38.0 Å². The van der Waals surface area contributed by atoms with Crippen molar-refractivity contribution in [2.24, 2.45) is 5.73 Å². The molecule has 0 bridgehead atoms. The lowest BCUT2D eigenvalue weighted by atomic mass is 10.0. The van der Waals surface area contributed by atoms with Gasteiger partial charge in [0.2, 0.25) is 0 Å². The summed E-state index contributed by atoms with van der Waals surface area (Å²) in [5.74, 6) is 2.44. The van der Waals surface area contributed by atoms with Gasteiger partial charge in [-0.15, -0.1) is 0 Å². The lowest BCUT2D eigenvalue weighted by Gasteiger charge is -2.18. The molecule has 3 rings (SSSR count). The van der Waals surface area contributed by atoms with Crippen LogP contribution in [-0.2, 0) is 6.42 Å². The van der Waals surface area contributed by atoms with Gasteiger partial charge >= 0.3 is 6.03 Å². The number of ether oxygens (including phenoxy) is 2. The highest BCUT2D eigenvalue weighted by molar-refractivity contribution is 5.89. The second-order valence-corrected chi connectivity index (χ2v) is 6.59.